The molecule has 3 amide bonds. The fraction of sp³-hybridized carbons (Fsp3) is 0.444. The van der Waals surface area contributed by atoms with Crippen LogP contribution in [0.15, 0.2) is 48.5 Å². The van der Waals surface area contributed by atoms with Gasteiger partial charge in [-0.25, -0.2) is 4.39 Å². The Bertz CT molecular complexity index is 1190. The maximum absolute atomic E-state index is 14.0. The number of rotatable bonds is 3. The van der Waals surface area contributed by atoms with Crippen LogP contribution in [0.1, 0.15) is 33.6 Å². The molecule has 3 aliphatic heterocycles. The predicted molar refractivity (Wildman–Crippen MR) is 136 cm³/mol. The van der Waals surface area contributed by atoms with Crippen LogP contribution < -0.4 is 0 Å². The zero-order chi connectivity index (χ0) is 26.2. The molecule has 8 nitrogen and oxygen atoms in total. The normalized spacial score (nSPS) is 21.9. The molecule has 196 valence electrons. The highest BCUT2D eigenvalue weighted by Gasteiger charge is 2.55. The van der Waals surface area contributed by atoms with E-state index in [4.69, 9.17) is 16.3 Å². The van der Waals surface area contributed by atoms with E-state index in [9.17, 15) is 18.8 Å². The fourth-order valence-electron chi connectivity index (χ4n) is 5.42. The van der Waals surface area contributed by atoms with Crippen molar-refractivity contribution in [3.8, 4) is 0 Å². The lowest BCUT2D eigenvalue weighted by molar-refractivity contribution is -0.139. The highest BCUT2D eigenvalue weighted by Crippen LogP contribution is 2.39. The molecule has 10 heteroatoms. The molecule has 1 atom stereocenters. The molecule has 2 aromatic carbocycles. The number of amides is 3. The Kier molecular flexibility index (Phi) is 7.20. The fourth-order valence-corrected chi connectivity index (χ4v) is 5.61. The largest absolute Gasteiger partial charge is 0.353 e. The molecule has 2 aromatic rings. The molecule has 3 heterocycles. The Morgan fingerprint density at radius 3 is 2.19 bits per heavy atom. The van der Waals surface area contributed by atoms with Crippen LogP contribution in [0, 0.1) is 5.82 Å². The van der Waals surface area contributed by atoms with Gasteiger partial charge in [0.2, 0.25) is 5.91 Å². The summed E-state index contributed by atoms with van der Waals surface area (Å²) in [5.41, 5.74) is -0.397. The van der Waals surface area contributed by atoms with Crippen LogP contribution in [0.4, 0.5) is 4.39 Å². The average molecular weight is 529 g/mol. The molecule has 0 N–H and O–H groups in total. The number of hydrogen-bond donors (Lipinski definition) is 0. The highest BCUT2D eigenvalue weighted by atomic mass is 35.5. The first-order valence-electron chi connectivity index (χ1n) is 12.5. The lowest BCUT2D eigenvalue weighted by Crippen LogP contribution is -2.61. The van der Waals surface area contributed by atoms with Gasteiger partial charge in [0.1, 0.15) is 17.6 Å². The van der Waals surface area contributed by atoms with Crippen LogP contribution in [-0.4, -0.2) is 102 Å². The molecule has 5 rings (SSSR count). The third kappa shape index (κ3) is 5.08. The smallest absolute Gasteiger partial charge is 0.256 e. The van der Waals surface area contributed by atoms with E-state index in [1.807, 2.05) is 7.05 Å². The van der Waals surface area contributed by atoms with Crippen molar-refractivity contribution in [1.82, 2.24) is 19.6 Å². The van der Waals surface area contributed by atoms with Gasteiger partial charge >= 0.3 is 0 Å². The van der Waals surface area contributed by atoms with E-state index in [-0.39, 0.29) is 24.0 Å². The van der Waals surface area contributed by atoms with Crippen LogP contribution in [0.5, 0.6) is 0 Å². The summed E-state index contributed by atoms with van der Waals surface area (Å²) >= 11 is 6.07. The van der Waals surface area contributed by atoms with Gasteiger partial charge in [0, 0.05) is 68.3 Å². The summed E-state index contributed by atoms with van der Waals surface area (Å²) in [5.74, 6) is -1.28. The summed E-state index contributed by atoms with van der Waals surface area (Å²) in [6.07, 6.45) is 0.680. The molecular formula is C27H30ClFN4O4. The minimum Gasteiger partial charge on any atom is -0.353 e. The molecule has 1 unspecified atom stereocenters. The topological polar surface area (TPSA) is 73.4 Å². The van der Waals surface area contributed by atoms with Crippen LogP contribution in [0.2, 0.25) is 5.02 Å². The zero-order valence-corrected chi connectivity index (χ0v) is 21.5. The number of benzene rings is 2. The maximum Gasteiger partial charge on any atom is 0.256 e. The Morgan fingerprint density at radius 2 is 1.54 bits per heavy atom. The second kappa shape index (κ2) is 10.4. The molecule has 1 spiro atoms. The standard InChI is InChI=1S/C27H30ClFN4O4/c1-30-12-14-32(15-13-30)26(36)23-18-37-27(33(23)25(35)20-5-3-7-22(29)17-20)8-10-31(11-9-27)24(34)19-4-2-6-21(28)16-19/h2-7,16-17,23H,8-15,18H2,1H3. The van der Waals surface area contributed by atoms with Gasteiger partial charge < -0.3 is 19.4 Å². The van der Waals surface area contributed by atoms with Crippen molar-refractivity contribution < 1.29 is 23.5 Å². The Morgan fingerprint density at radius 1 is 0.892 bits per heavy atom. The summed E-state index contributed by atoms with van der Waals surface area (Å²) in [6.45, 7) is 3.40. The summed E-state index contributed by atoms with van der Waals surface area (Å²) in [7, 11) is 2.01. The number of likely N-dealkylation sites (N-methyl/N-ethyl adjacent to an activating group) is 1. The van der Waals surface area contributed by atoms with E-state index in [0.29, 0.717) is 49.6 Å². The van der Waals surface area contributed by atoms with E-state index in [0.717, 1.165) is 13.1 Å². The van der Waals surface area contributed by atoms with Gasteiger partial charge in [-0.1, -0.05) is 23.7 Å². The monoisotopic (exact) mass is 528 g/mol. The molecule has 3 aliphatic rings. The third-order valence-electron chi connectivity index (χ3n) is 7.55. The van der Waals surface area contributed by atoms with Crippen molar-refractivity contribution >= 4 is 29.3 Å². The van der Waals surface area contributed by atoms with E-state index < -0.39 is 23.5 Å². The predicted octanol–water partition coefficient (Wildman–Crippen LogP) is 2.73. The van der Waals surface area contributed by atoms with Crippen LogP contribution in [0.25, 0.3) is 0 Å². The molecule has 0 radical (unpaired) electrons. The molecule has 0 bridgehead atoms. The van der Waals surface area contributed by atoms with Gasteiger partial charge in [0.25, 0.3) is 11.8 Å². The maximum atomic E-state index is 14.0. The number of nitrogens with zero attached hydrogens (tertiary/aromatic N) is 4. The van der Waals surface area contributed by atoms with Gasteiger partial charge in [0.15, 0.2) is 0 Å². The van der Waals surface area contributed by atoms with Crippen LogP contribution >= 0.6 is 11.6 Å². The first-order valence-corrected chi connectivity index (χ1v) is 12.9. The summed E-state index contributed by atoms with van der Waals surface area (Å²) < 4.78 is 20.3. The molecule has 37 heavy (non-hydrogen) atoms. The van der Waals surface area contributed by atoms with Gasteiger partial charge in [-0.3, -0.25) is 19.3 Å². The lowest BCUT2D eigenvalue weighted by atomic mass is 9.96. The number of carbonyl (C=O) groups excluding carboxylic acids is 3. The zero-order valence-electron chi connectivity index (χ0n) is 20.7. The SMILES string of the molecule is CN1CCN(C(=O)C2COC3(CCN(C(=O)c4cccc(Cl)c4)CC3)N2C(=O)c2cccc(F)c2)CC1. The lowest BCUT2D eigenvalue weighted by Gasteiger charge is -2.45. The van der Waals surface area contributed by atoms with Crippen molar-refractivity contribution in [1.29, 1.82) is 0 Å². The Balaban J connectivity index is 1.39. The molecule has 0 aliphatic carbocycles. The van der Waals surface area contributed by atoms with Gasteiger partial charge in [-0.05, 0) is 43.4 Å². The van der Waals surface area contributed by atoms with E-state index in [2.05, 4.69) is 4.90 Å². The van der Waals surface area contributed by atoms with Crippen molar-refractivity contribution in [2.75, 3.05) is 52.9 Å². The number of likely N-dealkylation sites (tertiary alicyclic amines) is 1. The molecule has 3 fully saturated rings. The minimum atomic E-state index is -1.05. The number of halogens is 2. The van der Waals surface area contributed by atoms with Crippen molar-refractivity contribution in [3.63, 3.8) is 0 Å². The van der Waals surface area contributed by atoms with E-state index in [1.54, 1.807) is 40.1 Å². The number of hydrogen-bond acceptors (Lipinski definition) is 5. The Hall–Kier alpha value is -3.01. The molecular weight excluding hydrogens is 499 g/mol. The third-order valence-corrected chi connectivity index (χ3v) is 7.79. The van der Waals surface area contributed by atoms with E-state index >= 15 is 0 Å². The van der Waals surface area contributed by atoms with Crippen molar-refractivity contribution in [3.05, 3.63) is 70.5 Å². The van der Waals surface area contributed by atoms with Crippen molar-refractivity contribution in [2.24, 2.45) is 0 Å². The summed E-state index contributed by atoms with van der Waals surface area (Å²) in [4.78, 5) is 47.6. The minimum absolute atomic E-state index is 0.0640. The van der Waals surface area contributed by atoms with Crippen molar-refractivity contribution in [2.45, 2.75) is 24.6 Å². The number of carbonyl (C=O) groups is 3. The number of piperidine rings is 1. The Labute approximate surface area is 220 Å². The summed E-state index contributed by atoms with van der Waals surface area (Å²) in [5, 5.41) is 0.482. The first kappa shape index (κ1) is 25.6. The van der Waals surface area contributed by atoms with Crippen LogP contribution in [-0.2, 0) is 9.53 Å². The van der Waals surface area contributed by atoms with Gasteiger partial charge in [-0.15, -0.1) is 0 Å². The number of piperazine rings is 1. The molecule has 0 saturated carbocycles. The first-order chi connectivity index (χ1) is 17.8. The highest BCUT2D eigenvalue weighted by molar-refractivity contribution is 6.30. The van der Waals surface area contributed by atoms with Crippen LogP contribution in [0.3, 0.4) is 0 Å². The number of ether oxygens (including phenoxy) is 1. The molecule has 0 aromatic heterocycles. The van der Waals surface area contributed by atoms with Gasteiger partial charge in [0.05, 0.1) is 6.61 Å². The quantitative estimate of drug-likeness (QED) is 0.612. The second-order valence-corrected chi connectivity index (χ2v) is 10.3. The molecule has 3 saturated heterocycles. The summed E-state index contributed by atoms with van der Waals surface area (Å²) in [6, 6.07) is 11.5. The average Bonchev–Trinajstić information content (AvgIpc) is 3.26. The van der Waals surface area contributed by atoms with E-state index in [1.165, 1.54) is 23.1 Å². The van der Waals surface area contributed by atoms with Gasteiger partial charge in [-0.2, -0.15) is 0 Å². The second-order valence-electron chi connectivity index (χ2n) is 9.89.